The van der Waals surface area contributed by atoms with E-state index in [0.717, 1.165) is 17.7 Å². The van der Waals surface area contributed by atoms with Crippen LogP contribution in [0.3, 0.4) is 0 Å². The monoisotopic (exact) mass is 348 g/mol. The minimum atomic E-state index is -0.772. The van der Waals surface area contributed by atoms with Crippen molar-refractivity contribution in [2.45, 2.75) is 26.2 Å². The third-order valence-electron chi connectivity index (χ3n) is 4.21. The van der Waals surface area contributed by atoms with E-state index in [1.807, 2.05) is 6.92 Å². The van der Waals surface area contributed by atoms with Crippen LogP contribution in [0.2, 0.25) is 5.02 Å². The van der Waals surface area contributed by atoms with Crippen LogP contribution >= 0.6 is 11.6 Å². The van der Waals surface area contributed by atoms with Gasteiger partial charge in [0, 0.05) is 17.9 Å². The molecule has 0 saturated heterocycles. The Morgan fingerprint density at radius 3 is 2.33 bits per heavy atom. The predicted octanol–water partition coefficient (Wildman–Crippen LogP) is 5.48. The predicted molar refractivity (Wildman–Crippen MR) is 90.0 cm³/mol. The van der Waals surface area contributed by atoms with Crippen LogP contribution in [0.4, 0.5) is 8.78 Å². The average molecular weight is 349 g/mol. The molecule has 2 nitrogen and oxygen atoms in total. The maximum absolute atomic E-state index is 14.2. The third-order valence-corrected chi connectivity index (χ3v) is 4.43. The van der Waals surface area contributed by atoms with E-state index in [4.69, 9.17) is 11.6 Å². The summed E-state index contributed by atoms with van der Waals surface area (Å²) in [6, 6.07) is 6.98. The molecule has 0 fully saturated rings. The summed E-state index contributed by atoms with van der Waals surface area (Å²) < 4.78 is 28.4. The zero-order valence-corrected chi connectivity index (χ0v) is 13.8. The smallest absolute Gasteiger partial charge is 0.167 e. The van der Waals surface area contributed by atoms with Gasteiger partial charge in [-0.15, -0.1) is 0 Å². The lowest BCUT2D eigenvalue weighted by Crippen LogP contribution is -2.01. The highest BCUT2D eigenvalue weighted by Crippen LogP contribution is 2.36. The molecule has 1 N–H and O–H groups in total. The minimum Gasteiger partial charge on any atom is -0.512 e. The Bertz CT molecular complexity index is 849. The molecular weight excluding hydrogens is 334 g/mol. The number of rotatable bonds is 3. The molecule has 0 amide bonds. The number of aliphatic hydroxyl groups excluding tert-OH is 1. The van der Waals surface area contributed by atoms with Gasteiger partial charge in [-0.25, -0.2) is 8.78 Å². The molecule has 1 aliphatic rings. The molecule has 0 spiro atoms. The quantitative estimate of drug-likeness (QED) is 0.797. The van der Waals surface area contributed by atoms with Crippen molar-refractivity contribution in [1.82, 2.24) is 0 Å². The van der Waals surface area contributed by atoms with Crippen molar-refractivity contribution in [2.75, 3.05) is 0 Å². The molecule has 3 rings (SSSR count). The largest absolute Gasteiger partial charge is 0.512 e. The summed E-state index contributed by atoms with van der Waals surface area (Å²) in [5.41, 5.74) is 1.72. The van der Waals surface area contributed by atoms with E-state index in [9.17, 15) is 18.7 Å². The zero-order chi connectivity index (χ0) is 17.4. The molecular formula is C19H15ClF2O2. The number of ketones is 1. The third kappa shape index (κ3) is 2.82. The topological polar surface area (TPSA) is 37.3 Å². The van der Waals surface area contributed by atoms with Crippen molar-refractivity contribution in [1.29, 1.82) is 0 Å². The van der Waals surface area contributed by atoms with E-state index < -0.39 is 11.6 Å². The standard InChI is InChI=1S/C19H15ClF2O2/c1-2-10-3-4-11(18-14(21)8-12(20)9-15(18)22)7-13(10)19-16(23)5-6-17(19)24/h3-4,7-9,23H,2,5-6H2,1H3. The Labute approximate surface area is 143 Å². The summed E-state index contributed by atoms with van der Waals surface area (Å²) in [6.07, 6.45) is 1.18. The molecule has 0 saturated carbocycles. The molecule has 0 aliphatic heterocycles. The first-order valence-corrected chi connectivity index (χ1v) is 8.03. The van der Waals surface area contributed by atoms with Gasteiger partial charge in [0.15, 0.2) is 5.78 Å². The molecule has 124 valence electrons. The van der Waals surface area contributed by atoms with Gasteiger partial charge in [0.2, 0.25) is 0 Å². The number of aliphatic hydroxyl groups is 1. The van der Waals surface area contributed by atoms with Crippen LogP contribution < -0.4 is 0 Å². The first kappa shape index (κ1) is 16.7. The number of benzene rings is 2. The van der Waals surface area contributed by atoms with Gasteiger partial charge in [0.1, 0.15) is 17.4 Å². The van der Waals surface area contributed by atoms with Gasteiger partial charge in [0.25, 0.3) is 0 Å². The summed E-state index contributed by atoms with van der Waals surface area (Å²) in [5.74, 6) is -1.67. The fourth-order valence-corrected chi connectivity index (χ4v) is 3.23. The SMILES string of the molecule is CCc1ccc(-c2c(F)cc(Cl)cc2F)cc1C1=C(O)CCC1=O. The number of hydrogen-bond donors (Lipinski definition) is 1. The van der Waals surface area contributed by atoms with E-state index in [0.29, 0.717) is 24.0 Å². The summed E-state index contributed by atoms with van der Waals surface area (Å²) >= 11 is 5.67. The molecule has 0 radical (unpaired) electrons. The van der Waals surface area contributed by atoms with Crippen molar-refractivity contribution in [3.63, 3.8) is 0 Å². The maximum Gasteiger partial charge on any atom is 0.167 e. The van der Waals surface area contributed by atoms with Crippen LogP contribution in [0, 0.1) is 11.6 Å². The molecule has 2 aromatic carbocycles. The number of halogens is 3. The normalized spacial score (nSPS) is 14.6. The summed E-state index contributed by atoms with van der Waals surface area (Å²) in [7, 11) is 0. The van der Waals surface area contributed by atoms with Gasteiger partial charge >= 0.3 is 0 Å². The van der Waals surface area contributed by atoms with Crippen LogP contribution in [0.25, 0.3) is 16.7 Å². The highest BCUT2D eigenvalue weighted by molar-refractivity contribution is 6.30. The molecule has 1 aliphatic carbocycles. The van der Waals surface area contributed by atoms with E-state index in [2.05, 4.69) is 0 Å². The van der Waals surface area contributed by atoms with Crippen molar-refractivity contribution in [3.05, 3.63) is 63.9 Å². The highest BCUT2D eigenvalue weighted by atomic mass is 35.5. The second-order valence-electron chi connectivity index (χ2n) is 5.71. The fraction of sp³-hybridized carbons (Fsp3) is 0.211. The molecule has 5 heteroatoms. The lowest BCUT2D eigenvalue weighted by atomic mass is 9.92. The van der Waals surface area contributed by atoms with Crippen molar-refractivity contribution in [3.8, 4) is 11.1 Å². The molecule has 0 unspecified atom stereocenters. The number of aryl methyl sites for hydroxylation is 1. The number of carbonyl (C=O) groups excluding carboxylic acids is 1. The summed E-state index contributed by atoms with van der Waals surface area (Å²) in [6.45, 7) is 1.92. The second kappa shape index (κ2) is 6.36. The van der Waals surface area contributed by atoms with Crippen LogP contribution in [0.1, 0.15) is 30.9 Å². The van der Waals surface area contributed by atoms with Crippen molar-refractivity contribution >= 4 is 23.0 Å². The summed E-state index contributed by atoms with van der Waals surface area (Å²) in [5, 5.41) is 10.0. The number of Topliss-reactive ketones (excluding diaryl/α,β-unsaturated/α-hetero) is 1. The second-order valence-corrected chi connectivity index (χ2v) is 6.15. The van der Waals surface area contributed by atoms with Gasteiger partial charge in [-0.3, -0.25) is 4.79 Å². The lowest BCUT2D eigenvalue weighted by molar-refractivity contribution is -0.113. The number of carbonyl (C=O) groups is 1. The van der Waals surface area contributed by atoms with E-state index in [1.165, 1.54) is 0 Å². The van der Waals surface area contributed by atoms with Crippen molar-refractivity contribution < 1.29 is 18.7 Å². The average Bonchev–Trinajstić information content (AvgIpc) is 2.85. The highest BCUT2D eigenvalue weighted by Gasteiger charge is 2.26. The van der Waals surface area contributed by atoms with Gasteiger partial charge in [-0.05, 0) is 41.3 Å². The van der Waals surface area contributed by atoms with Gasteiger partial charge in [0.05, 0.1) is 11.1 Å². The van der Waals surface area contributed by atoms with Gasteiger partial charge in [-0.1, -0.05) is 30.7 Å². The number of hydrogen-bond acceptors (Lipinski definition) is 2. The molecule has 0 aromatic heterocycles. The Morgan fingerprint density at radius 2 is 1.79 bits per heavy atom. The summed E-state index contributed by atoms with van der Waals surface area (Å²) in [4.78, 5) is 12.1. The molecule has 24 heavy (non-hydrogen) atoms. The number of allylic oxidation sites excluding steroid dienone is 2. The van der Waals surface area contributed by atoms with Crippen LogP contribution in [0.15, 0.2) is 36.1 Å². The molecule has 2 aromatic rings. The van der Waals surface area contributed by atoms with Crippen LogP contribution in [-0.2, 0) is 11.2 Å². The Balaban J connectivity index is 2.22. The van der Waals surface area contributed by atoms with E-state index >= 15 is 0 Å². The Hall–Kier alpha value is -2.20. The molecule has 0 heterocycles. The van der Waals surface area contributed by atoms with Gasteiger partial charge < -0.3 is 5.11 Å². The van der Waals surface area contributed by atoms with E-state index in [-0.39, 0.29) is 34.1 Å². The van der Waals surface area contributed by atoms with Crippen molar-refractivity contribution in [2.24, 2.45) is 0 Å². The fourth-order valence-electron chi connectivity index (χ4n) is 3.04. The molecule has 0 bridgehead atoms. The van der Waals surface area contributed by atoms with E-state index in [1.54, 1.807) is 18.2 Å². The maximum atomic E-state index is 14.2. The molecule has 0 atom stereocenters. The van der Waals surface area contributed by atoms with Gasteiger partial charge in [-0.2, -0.15) is 0 Å². The van der Waals surface area contributed by atoms with Crippen LogP contribution in [0.5, 0.6) is 0 Å². The Kier molecular flexibility index (Phi) is 4.41. The zero-order valence-electron chi connectivity index (χ0n) is 13.0. The lowest BCUT2D eigenvalue weighted by Gasteiger charge is -2.13. The Morgan fingerprint density at radius 1 is 1.12 bits per heavy atom. The first-order valence-electron chi connectivity index (χ1n) is 7.66. The van der Waals surface area contributed by atoms with Crippen LogP contribution in [-0.4, -0.2) is 10.9 Å². The first-order chi connectivity index (χ1) is 11.4. The minimum absolute atomic E-state index is 0.0227.